The molecule has 0 radical (unpaired) electrons. The number of benzene rings is 1. The summed E-state index contributed by atoms with van der Waals surface area (Å²) in [6.45, 7) is 0. The van der Waals surface area contributed by atoms with Crippen molar-refractivity contribution in [2.24, 2.45) is 0 Å². The molecule has 0 spiro atoms. The van der Waals surface area contributed by atoms with Crippen LogP contribution in [0.25, 0.3) is 0 Å². The average molecular weight is 380 g/mol. The van der Waals surface area contributed by atoms with E-state index >= 15 is 0 Å². The molecule has 0 aliphatic rings. The molecule has 98 valence electrons. The van der Waals surface area contributed by atoms with Crippen LogP contribution < -0.4 is 5.32 Å². The van der Waals surface area contributed by atoms with E-state index in [-0.39, 0.29) is 15.9 Å². The zero-order valence-electron chi connectivity index (χ0n) is 9.25. The third-order valence-corrected chi connectivity index (χ3v) is 4.14. The number of rotatable bonds is 2. The van der Waals surface area contributed by atoms with Crippen molar-refractivity contribution in [3.05, 3.63) is 55.7 Å². The quantitative estimate of drug-likeness (QED) is 0.740. The molecule has 3 nitrogen and oxygen atoms in total. The lowest BCUT2D eigenvalue weighted by Gasteiger charge is -2.09. The Morgan fingerprint density at radius 2 is 1.84 bits per heavy atom. The highest BCUT2D eigenvalue weighted by atomic mass is 79.9. The van der Waals surface area contributed by atoms with Gasteiger partial charge in [-0.2, -0.15) is 0 Å². The van der Waals surface area contributed by atoms with Gasteiger partial charge in [0.25, 0.3) is 5.91 Å². The molecule has 0 saturated carbocycles. The molecular formula is C12H6BrCl3N2O. The van der Waals surface area contributed by atoms with Crippen LogP contribution in [0.2, 0.25) is 15.2 Å². The van der Waals surface area contributed by atoms with Crippen molar-refractivity contribution >= 4 is 62.3 Å². The standard InChI is InChI=1S/C12H6BrCl3N2O/c13-10-6(14)2-1-3-8(10)17-12(19)11-7(15)4-5-9(16)18-11/h1-5H,(H,17,19). The summed E-state index contributed by atoms with van der Waals surface area (Å²) >= 11 is 20.9. The van der Waals surface area contributed by atoms with E-state index in [1.807, 2.05) is 0 Å². The van der Waals surface area contributed by atoms with Crippen LogP contribution >= 0.6 is 50.7 Å². The lowest BCUT2D eigenvalue weighted by molar-refractivity contribution is 0.102. The minimum Gasteiger partial charge on any atom is -0.320 e. The molecule has 0 saturated heterocycles. The lowest BCUT2D eigenvalue weighted by atomic mass is 10.3. The fraction of sp³-hybridized carbons (Fsp3) is 0. The lowest BCUT2D eigenvalue weighted by Crippen LogP contribution is -2.14. The van der Waals surface area contributed by atoms with E-state index in [9.17, 15) is 4.79 Å². The average Bonchev–Trinajstić information content (AvgIpc) is 2.38. The summed E-state index contributed by atoms with van der Waals surface area (Å²) in [5.74, 6) is -0.463. The Kier molecular flexibility index (Phi) is 4.68. The van der Waals surface area contributed by atoms with Crippen LogP contribution in [0.3, 0.4) is 0 Å². The van der Waals surface area contributed by atoms with Gasteiger partial charge in [-0.25, -0.2) is 4.98 Å². The number of nitrogens with one attached hydrogen (secondary N) is 1. The number of halogens is 4. The zero-order valence-corrected chi connectivity index (χ0v) is 13.1. The predicted molar refractivity (Wildman–Crippen MR) is 81.4 cm³/mol. The van der Waals surface area contributed by atoms with E-state index in [2.05, 4.69) is 26.2 Å². The molecule has 1 amide bonds. The Hall–Kier alpha value is -0.810. The first-order valence-electron chi connectivity index (χ1n) is 5.06. The monoisotopic (exact) mass is 378 g/mol. The first-order chi connectivity index (χ1) is 8.99. The molecule has 19 heavy (non-hydrogen) atoms. The van der Waals surface area contributed by atoms with Crippen molar-refractivity contribution in [3.63, 3.8) is 0 Å². The molecular weight excluding hydrogens is 374 g/mol. The van der Waals surface area contributed by atoms with Crippen molar-refractivity contribution < 1.29 is 4.79 Å². The number of anilines is 1. The molecule has 0 atom stereocenters. The molecule has 1 aromatic heterocycles. The van der Waals surface area contributed by atoms with E-state index in [4.69, 9.17) is 34.8 Å². The number of carbonyl (C=O) groups is 1. The van der Waals surface area contributed by atoms with Gasteiger partial charge in [-0.15, -0.1) is 0 Å². The minimum absolute atomic E-state index is 0.0565. The number of pyridine rings is 1. The summed E-state index contributed by atoms with van der Waals surface area (Å²) in [6.07, 6.45) is 0. The second-order valence-corrected chi connectivity index (χ2v) is 5.51. The Morgan fingerprint density at radius 1 is 1.11 bits per heavy atom. The summed E-state index contributed by atoms with van der Waals surface area (Å²) in [5.41, 5.74) is 0.580. The third kappa shape index (κ3) is 3.39. The van der Waals surface area contributed by atoms with E-state index in [0.29, 0.717) is 15.2 Å². The fourth-order valence-corrected chi connectivity index (χ4v) is 2.24. The third-order valence-electron chi connectivity index (χ3n) is 2.23. The van der Waals surface area contributed by atoms with Gasteiger partial charge >= 0.3 is 0 Å². The van der Waals surface area contributed by atoms with E-state index in [0.717, 1.165) is 0 Å². The Balaban J connectivity index is 2.31. The second-order valence-electron chi connectivity index (χ2n) is 3.52. The summed E-state index contributed by atoms with van der Waals surface area (Å²) < 4.78 is 0.586. The fourth-order valence-electron chi connectivity index (χ4n) is 1.36. The number of hydrogen-bond acceptors (Lipinski definition) is 2. The van der Waals surface area contributed by atoms with Gasteiger partial charge in [0.05, 0.1) is 20.2 Å². The van der Waals surface area contributed by atoms with Crippen LogP contribution in [-0.4, -0.2) is 10.9 Å². The molecule has 1 N–H and O–H groups in total. The highest BCUT2D eigenvalue weighted by molar-refractivity contribution is 9.10. The summed E-state index contributed by atoms with van der Waals surface area (Å²) in [4.78, 5) is 16.0. The van der Waals surface area contributed by atoms with Crippen LogP contribution in [0, 0.1) is 0 Å². The Labute approximate surface area is 133 Å². The topological polar surface area (TPSA) is 42.0 Å². The molecule has 7 heteroatoms. The van der Waals surface area contributed by atoms with Crippen LogP contribution in [0.15, 0.2) is 34.8 Å². The molecule has 0 unspecified atom stereocenters. The number of amides is 1. The van der Waals surface area contributed by atoms with Crippen molar-refractivity contribution in [3.8, 4) is 0 Å². The molecule has 2 rings (SSSR count). The summed E-state index contributed by atoms with van der Waals surface area (Å²) in [6, 6.07) is 8.14. The highest BCUT2D eigenvalue weighted by Gasteiger charge is 2.15. The number of hydrogen-bond donors (Lipinski definition) is 1. The predicted octanol–water partition coefficient (Wildman–Crippen LogP) is 5.06. The Bertz CT molecular complexity index is 649. The largest absolute Gasteiger partial charge is 0.320 e. The molecule has 0 aliphatic carbocycles. The maximum atomic E-state index is 12.1. The van der Waals surface area contributed by atoms with Gasteiger partial charge in [-0.3, -0.25) is 4.79 Å². The Morgan fingerprint density at radius 3 is 2.58 bits per heavy atom. The van der Waals surface area contributed by atoms with E-state index in [1.165, 1.54) is 12.1 Å². The minimum atomic E-state index is -0.463. The van der Waals surface area contributed by atoms with E-state index in [1.54, 1.807) is 18.2 Å². The normalized spacial score (nSPS) is 10.3. The molecule has 1 heterocycles. The summed E-state index contributed by atoms with van der Waals surface area (Å²) in [5, 5.41) is 3.56. The number of carbonyl (C=O) groups excluding carboxylic acids is 1. The first-order valence-corrected chi connectivity index (χ1v) is 6.99. The van der Waals surface area contributed by atoms with Crippen LogP contribution in [0.1, 0.15) is 10.5 Å². The number of aromatic nitrogens is 1. The maximum Gasteiger partial charge on any atom is 0.275 e. The molecule has 1 aromatic carbocycles. The van der Waals surface area contributed by atoms with Crippen molar-refractivity contribution in [1.82, 2.24) is 4.98 Å². The first kappa shape index (κ1) is 14.6. The maximum absolute atomic E-state index is 12.1. The van der Waals surface area contributed by atoms with Gasteiger partial charge in [-0.05, 0) is 40.2 Å². The summed E-state index contributed by atoms with van der Waals surface area (Å²) in [7, 11) is 0. The van der Waals surface area contributed by atoms with Gasteiger partial charge in [0.2, 0.25) is 0 Å². The van der Waals surface area contributed by atoms with Crippen LogP contribution in [0.4, 0.5) is 5.69 Å². The zero-order chi connectivity index (χ0) is 14.0. The van der Waals surface area contributed by atoms with Gasteiger partial charge in [0, 0.05) is 0 Å². The van der Waals surface area contributed by atoms with Gasteiger partial charge < -0.3 is 5.32 Å². The molecule has 0 bridgehead atoms. The molecule has 0 aliphatic heterocycles. The van der Waals surface area contributed by atoms with Gasteiger partial charge in [0.1, 0.15) is 10.8 Å². The van der Waals surface area contributed by atoms with Crippen molar-refractivity contribution in [2.75, 3.05) is 5.32 Å². The molecule has 0 fully saturated rings. The highest BCUT2D eigenvalue weighted by Crippen LogP contribution is 2.30. The second kappa shape index (κ2) is 6.09. The molecule has 2 aromatic rings. The van der Waals surface area contributed by atoms with Gasteiger partial charge in [-0.1, -0.05) is 40.9 Å². The smallest absolute Gasteiger partial charge is 0.275 e. The van der Waals surface area contributed by atoms with Crippen LogP contribution in [0.5, 0.6) is 0 Å². The number of nitrogens with zero attached hydrogens (tertiary/aromatic N) is 1. The van der Waals surface area contributed by atoms with E-state index < -0.39 is 5.91 Å². The van der Waals surface area contributed by atoms with Crippen molar-refractivity contribution in [1.29, 1.82) is 0 Å². The van der Waals surface area contributed by atoms with Crippen molar-refractivity contribution in [2.45, 2.75) is 0 Å². The van der Waals surface area contributed by atoms with Crippen LogP contribution in [-0.2, 0) is 0 Å². The SMILES string of the molecule is O=C(Nc1cccc(Cl)c1Br)c1nc(Cl)ccc1Cl. The van der Waals surface area contributed by atoms with Gasteiger partial charge in [0.15, 0.2) is 0 Å².